The number of amides is 1. The number of benzene rings is 2. The number of aryl methyl sites for hydroxylation is 2. The molecule has 1 N–H and O–H groups in total. The van der Waals surface area contributed by atoms with E-state index in [1.54, 1.807) is 31.4 Å². The van der Waals surface area contributed by atoms with Crippen molar-refractivity contribution >= 4 is 27.3 Å². The quantitative estimate of drug-likeness (QED) is 0.750. The number of nitrogens with one attached hydrogen (secondary N) is 1. The van der Waals surface area contributed by atoms with E-state index in [-0.39, 0.29) is 18.9 Å². The summed E-state index contributed by atoms with van der Waals surface area (Å²) in [5.41, 5.74) is 3.34. The van der Waals surface area contributed by atoms with Gasteiger partial charge in [-0.15, -0.1) is 0 Å². The molecule has 0 atom stereocenters. The van der Waals surface area contributed by atoms with Crippen LogP contribution in [0.2, 0.25) is 0 Å². The van der Waals surface area contributed by atoms with Crippen molar-refractivity contribution in [2.75, 3.05) is 29.5 Å². The number of para-hydroxylation sites is 1. The second-order valence-electron chi connectivity index (χ2n) is 6.29. The maximum atomic E-state index is 12.4. The number of ether oxygens (including phenoxy) is 1. The summed E-state index contributed by atoms with van der Waals surface area (Å²) in [6.45, 7) is 4.03. The Morgan fingerprint density at radius 1 is 1.15 bits per heavy atom. The van der Waals surface area contributed by atoms with Crippen molar-refractivity contribution in [2.24, 2.45) is 0 Å². The molecule has 0 aliphatic heterocycles. The number of rotatable bonds is 8. The van der Waals surface area contributed by atoms with Crippen molar-refractivity contribution in [3.63, 3.8) is 0 Å². The lowest BCUT2D eigenvalue weighted by Gasteiger charge is -2.22. The van der Waals surface area contributed by atoms with Crippen molar-refractivity contribution in [1.29, 1.82) is 0 Å². The summed E-state index contributed by atoms with van der Waals surface area (Å²) in [7, 11) is -1.97. The molecule has 1 amide bonds. The first-order chi connectivity index (χ1) is 12.8. The topological polar surface area (TPSA) is 75.7 Å². The van der Waals surface area contributed by atoms with Gasteiger partial charge in [-0.25, -0.2) is 8.42 Å². The molecule has 0 saturated heterocycles. The lowest BCUT2D eigenvalue weighted by molar-refractivity contribution is -0.116. The number of nitrogens with zero attached hydrogens (tertiary/aromatic N) is 1. The van der Waals surface area contributed by atoms with Crippen LogP contribution in [0.1, 0.15) is 24.5 Å². The minimum atomic E-state index is -3.51. The summed E-state index contributed by atoms with van der Waals surface area (Å²) >= 11 is 0. The first-order valence-corrected chi connectivity index (χ1v) is 10.6. The highest BCUT2D eigenvalue weighted by Gasteiger charge is 2.19. The van der Waals surface area contributed by atoms with Crippen LogP contribution in [0.5, 0.6) is 5.75 Å². The van der Waals surface area contributed by atoms with Crippen LogP contribution in [0.25, 0.3) is 0 Å². The van der Waals surface area contributed by atoms with E-state index in [9.17, 15) is 13.2 Å². The number of carbonyl (C=O) groups excluding carboxylic acids is 1. The van der Waals surface area contributed by atoms with Crippen molar-refractivity contribution in [3.05, 3.63) is 53.6 Å². The predicted molar refractivity (Wildman–Crippen MR) is 109 cm³/mol. The lowest BCUT2D eigenvalue weighted by atomic mass is 10.1. The second kappa shape index (κ2) is 8.90. The van der Waals surface area contributed by atoms with Gasteiger partial charge in [0.15, 0.2) is 0 Å². The van der Waals surface area contributed by atoms with E-state index in [1.165, 1.54) is 4.31 Å². The Labute approximate surface area is 161 Å². The van der Waals surface area contributed by atoms with E-state index in [0.29, 0.717) is 11.4 Å². The van der Waals surface area contributed by atoms with Gasteiger partial charge in [0.05, 0.1) is 19.1 Å². The number of anilines is 2. The summed E-state index contributed by atoms with van der Waals surface area (Å²) in [6, 6.07) is 12.6. The van der Waals surface area contributed by atoms with Gasteiger partial charge in [-0.1, -0.05) is 25.1 Å². The monoisotopic (exact) mass is 390 g/mol. The zero-order valence-electron chi connectivity index (χ0n) is 16.2. The summed E-state index contributed by atoms with van der Waals surface area (Å²) in [4.78, 5) is 12.4. The SMILES string of the molecule is CCc1cccc(C)c1NC(=O)CCN(c1ccc(OC)cc1)S(C)(=O)=O. The average Bonchev–Trinajstić information content (AvgIpc) is 2.63. The zero-order valence-corrected chi connectivity index (χ0v) is 17.0. The zero-order chi connectivity index (χ0) is 20.0. The average molecular weight is 391 g/mol. The van der Waals surface area contributed by atoms with Crippen molar-refractivity contribution in [1.82, 2.24) is 0 Å². The maximum Gasteiger partial charge on any atom is 0.232 e. The Balaban J connectivity index is 2.12. The van der Waals surface area contributed by atoms with Gasteiger partial charge in [-0.05, 0) is 48.7 Å². The molecule has 2 aromatic rings. The third-order valence-electron chi connectivity index (χ3n) is 4.31. The van der Waals surface area contributed by atoms with E-state index < -0.39 is 10.0 Å². The number of sulfonamides is 1. The Hall–Kier alpha value is -2.54. The van der Waals surface area contributed by atoms with E-state index in [4.69, 9.17) is 4.74 Å². The molecule has 6 nitrogen and oxygen atoms in total. The van der Waals surface area contributed by atoms with Gasteiger partial charge in [0.2, 0.25) is 15.9 Å². The van der Waals surface area contributed by atoms with Gasteiger partial charge in [0.1, 0.15) is 5.75 Å². The lowest BCUT2D eigenvalue weighted by Crippen LogP contribution is -2.33. The first kappa shape index (κ1) is 20.8. The summed E-state index contributed by atoms with van der Waals surface area (Å²) < 4.78 is 30.7. The summed E-state index contributed by atoms with van der Waals surface area (Å²) in [6.07, 6.45) is 1.99. The van der Waals surface area contributed by atoms with Gasteiger partial charge in [0.25, 0.3) is 0 Å². The normalized spacial score (nSPS) is 11.1. The molecule has 0 bridgehead atoms. The number of carbonyl (C=O) groups is 1. The smallest absolute Gasteiger partial charge is 0.232 e. The highest BCUT2D eigenvalue weighted by Crippen LogP contribution is 2.23. The van der Waals surface area contributed by atoms with Crippen molar-refractivity contribution in [3.8, 4) is 5.75 Å². The standard InChI is InChI=1S/C20H26N2O4S/c1-5-16-8-6-7-15(2)20(16)21-19(23)13-14-22(27(4,24)25)17-9-11-18(26-3)12-10-17/h6-12H,5,13-14H2,1-4H3,(H,21,23). The van der Waals surface area contributed by atoms with Gasteiger partial charge in [-0.2, -0.15) is 0 Å². The van der Waals surface area contributed by atoms with E-state index >= 15 is 0 Å². The number of methoxy groups -OCH3 is 1. The molecular weight excluding hydrogens is 364 g/mol. The van der Waals surface area contributed by atoms with E-state index in [0.717, 1.165) is 29.5 Å². The van der Waals surface area contributed by atoms with Gasteiger partial charge >= 0.3 is 0 Å². The van der Waals surface area contributed by atoms with Gasteiger partial charge < -0.3 is 10.1 Å². The molecule has 2 aromatic carbocycles. The Kier molecular flexibility index (Phi) is 6.85. The minimum absolute atomic E-state index is 0.0522. The number of hydrogen-bond donors (Lipinski definition) is 1. The fourth-order valence-electron chi connectivity index (χ4n) is 2.84. The fourth-order valence-corrected chi connectivity index (χ4v) is 3.77. The van der Waals surface area contributed by atoms with Crippen molar-refractivity contribution in [2.45, 2.75) is 26.7 Å². The molecule has 0 aromatic heterocycles. The van der Waals surface area contributed by atoms with Gasteiger partial charge in [0, 0.05) is 18.7 Å². The molecule has 0 heterocycles. The maximum absolute atomic E-state index is 12.4. The summed E-state index contributed by atoms with van der Waals surface area (Å²) in [5, 5.41) is 2.93. The van der Waals surface area contributed by atoms with E-state index in [1.807, 2.05) is 32.0 Å². The number of hydrogen-bond acceptors (Lipinski definition) is 4. The second-order valence-corrected chi connectivity index (χ2v) is 8.20. The molecule has 0 radical (unpaired) electrons. The van der Waals surface area contributed by atoms with Gasteiger partial charge in [-0.3, -0.25) is 9.10 Å². The first-order valence-electron chi connectivity index (χ1n) is 8.76. The molecule has 0 unspecified atom stereocenters. The summed E-state index contributed by atoms with van der Waals surface area (Å²) in [5.74, 6) is 0.415. The van der Waals surface area contributed by atoms with Crippen LogP contribution in [0.3, 0.4) is 0 Å². The highest BCUT2D eigenvalue weighted by molar-refractivity contribution is 7.92. The third kappa shape index (κ3) is 5.47. The molecule has 0 fully saturated rings. The van der Waals surface area contributed by atoms with Crippen LogP contribution >= 0.6 is 0 Å². The fraction of sp³-hybridized carbons (Fsp3) is 0.350. The molecular formula is C20H26N2O4S. The molecule has 2 rings (SSSR count). The van der Waals surface area contributed by atoms with Crippen LogP contribution in [0, 0.1) is 6.92 Å². The minimum Gasteiger partial charge on any atom is -0.497 e. The molecule has 0 aliphatic rings. The molecule has 7 heteroatoms. The Bertz CT molecular complexity index is 893. The molecule has 0 saturated carbocycles. The molecule has 146 valence electrons. The van der Waals surface area contributed by atoms with Crippen LogP contribution in [0.15, 0.2) is 42.5 Å². The Morgan fingerprint density at radius 2 is 1.81 bits per heavy atom. The van der Waals surface area contributed by atoms with Crippen LogP contribution in [-0.4, -0.2) is 34.2 Å². The van der Waals surface area contributed by atoms with E-state index in [2.05, 4.69) is 5.32 Å². The van der Waals surface area contributed by atoms with Crippen LogP contribution in [-0.2, 0) is 21.2 Å². The third-order valence-corrected chi connectivity index (χ3v) is 5.50. The highest BCUT2D eigenvalue weighted by atomic mass is 32.2. The van der Waals surface area contributed by atoms with Crippen molar-refractivity contribution < 1.29 is 17.9 Å². The predicted octanol–water partition coefficient (Wildman–Crippen LogP) is 3.36. The van der Waals surface area contributed by atoms with Crippen LogP contribution < -0.4 is 14.4 Å². The largest absolute Gasteiger partial charge is 0.497 e. The molecule has 0 spiro atoms. The van der Waals surface area contributed by atoms with Crippen LogP contribution in [0.4, 0.5) is 11.4 Å². The Morgan fingerprint density at radius 3 is 2.37 bits per heavy atom. The molecule has 27 heavy (non-hydrogen) atoms. The molecule has 0 aliphatic carbocycles.